The van der Waals surface area contributed by atoms with Gasteiger partial charge in [-0.05, 0) is 89.5 Å². The van der Waals surface area contributed by atoms with E-state index in [2.05, 4.69) is 220 Å². The lowest BCUT2D eigenvalue weighted by atomic mass is 9.96. The van der Waals surface area contributed by atoms with Crippen molar-refractivity contribution in [3.05, 3.63) is 267 Å². The maximum Gasteiger partial charge on any atom is 0.164 e. The Morgan fingerprint density at radius 2 is 0.640 bits per heavy atom. The standard InChI is InChI=1S/C69H44N6/c1-4-19-45(20-5-1)67-70-68(46-21-6-2-7-22-46)72-69(71-67)50-24-18-23-47(41-50)48-35-38-53(65(42-48)75-62-33-16-12-29-56(62)57-30-13-17-34-63(57)75)49-36-39-58-59-44-52(37-40-64(59)73(66(58)43-49)51-25-8-3-9-26-51)74-60-31-14-10-27-54(60)55-28-11-15-32-61(55)74/h1-44H. The molecule has 15 aromatic rings. The van der Waals surface area contributed by atoms with Crippen molar-refractivity contribution in [2.24, 2.45) is 0 Å². The smallest absolute Gasteiger partial charge is 0.164 e. The molecular weight excluding hydrogens is 913 g/mol. The largest absolute Gasteiger partial charge is 0.309 e. The molecule has 0 N–H and O–H groups in total. The summed E-state index contributed by atoms with van der Waals surface area (Å²) in [6.07, 6.45) is 0. The number of aromatic nitrogens is 6. The van der Waals surface area contributed by atoms with E-state index in [0.29, 0.717) is 17.5 Å². The summed E-state index contributed by atoms with van der Waals surface area (Å²) in [4.78, 5) is 15.2. The number of hydrogen-bond acceptors (Lipinski definition) is 3. The minimum atomic E-state index is 0.619. The molecule has 0 bridgehead atoms. The summed E-state index contributed by atoms with van der Waals surface area (Å²) in [5.74, 6) is 1.89. The number of fused-ring (bicyclic) bond motifs is 9. The Bertz CT molecular complexity index is 4540. The molecule has 75 heavy (non-hydrogen) atoms. The monoisotopic (exact) mass is 956 g/mol. The summed E-state index contributed by atoms with van der Waals surface area (Å²) in [5.41, 5.74) is 17.5. The minimum absolute atomic E-state index is 0.619. The van der Waals surface area contributed by atoms with Crippen LogP contribution in [0, 0.1) is 0 Å². The third kappa shape index (κ3) is 6.99. The average molecular weight is 957 g/mol. The first kappa shape index (κ1) is 42.5. The third-order valence-corrected chi connectivity index (χ3v) is 14.9. The summed E-state index contributed by atoms with van der Waals surface area (Å²) in [6.45, 7) is 0. The van der Waals surface area contributed by atoms with Gasteiger partial charge in [-0.25, -0.2) is 15.0 Å². The molecule has 0 aliphatic carbocycles. The predicted octanol–water partition coefficient (Wildman–Crippen LogP) is 17.5. The normalized spacial score (nSPS) is 11.7. The Kier molecular flexibility index (Phi) is 9.78. The number of benzene rings is 11. The van der Waals surface area contributed by atoms with E-state index in [1.54, 1.807) is 0 Å². The zero-order valence-electron chi connectivity index (χ0n) is 40.6. The molecule has 0 spiro atoms. The summed E-state index contributed by atoms with van der Waals surface area (Å²) in [6, 6.07) is 95.5. The molecule has 11 aromatic carbocycles. The van der Waals surface area contributed by atoms with E-state index >= 15 is 0 Å². The van der Waals surface area contributed by atoms with Gasteiger partial charge in [0.1, 0.15) is 0 Å². The van der Waals surface area contributed by atoms with Crippen LogP contribution in [0.5, 0.6) is 0 Å². The van der Waals surface area contributed by atoms with Crippen LogP contribution >= 0.6 is 0 Å². The lowest BCUT2D eigenvalue weighted by molar-refractivity contribution is 1.07. The van der Waals surface area contributed by atoms with Crippen LogP contribution in [0.4, 0.5) is 0 Å². The molecule has 6 heteroatoms. The Hall–Kier alpha value is -10.2. The van der Waals surface area contributed by atoms with Crippen LogP contribution in [0.3, 0.4) is 0 Å². The second-order valence-corrected chi connectivity index (χ2v) is 19.2. The van der Waals surface area contributed by atoms with Gasteiger partial charge in [-0.3, -0.25) is 0 Å². The van der Waals surface area contributed by atoms with E-state index in [-0.39, 0.29) is 0 Å². The molecule has 0 atom stereocenters. The molecule has 4 heterocycles. The molecule has 4 aromatic heterocycles. The number of rotatable bonds is 8. The van der Waals surface area contributed by atoms with Crippen molar-refractivity contribution in [1.29, 1.82) is 0 Å². The van der Waals surface area contributed by atoms with Crippen LogP contribution in [-0.4, -0.2) is 28.7 Å². The average Bonchev–Trinajstić information content (AvgIpc) is 4.13. The third-order valence-electron chi connectivity index (χ3n) is 14.9. The van der Waals surface area contributed by atoms with Crippen molar-refractivity contribution in [2.45, 2.75) is 0 Å². The van der Waals surface area contributed by atoms with Crippen LogP contribution in [-0.2, 0) is 0 Å². The molecule has 0 saturated heterocycles. The number of nitrogens with zero attached hydrogens (tertiary/aromatic N) is 6. The first-order chi connectivity index (χ1) is 37.2. The van der Waals surface area contributed by atoms with E-state index in [1.165, 1.54) is 43.4 Å². The van der Waals surface area contributed by atoms with Crippen LogP contribution in [0.2, 0.25) is 0 Å². The molecule has 0 amide bonds. The van der Waals surface area contributed by atoms with Crippen molar-refractivity contribution in [3.8, 4) is 73.5 Å². The molecule has 15 rings (SSSR count). The predicted molar refractivity (Wildman–Crippen MR) is 310 cm³/mol. The minimum Gasteiger partial charge on any atom is -0.309 e. The zero-order valence-corrected chi connectivity index (χ0v) is 40.6. The van der Waals surface area contributed by atoms with Gasteiger partial charge in [-0.2, -0.15) is 0 Å². The zero-order chi connectivity index (χ0) is 49.4. The quantitative estimate of drug-likeness (QED) is 0.152. The van der Waals surface area contributed by atoms with Crippen molar-refractivity contribution < 1.29 is 0 Å². The second kappa shape index (κ2) is 17.3. The van der Waals surface area contributed by atoms with Crippen molar-refractivity contribution in [1.82, 2.24) is 28.7 Å². The van der Waals surface area contributed by atoms with Gasteiger partial charge in [0.25, 0.3) is 0 Å². The highest BCUT2D eigenvalue weighted by Crippen LogP contribution is 2.42. The van der Waals surface area contributed by atoms with E-state index in [9.17, 15) is 0 Å². The lowest BCUT2D eigenvalue weighted by Crippen LogP contribution is -2.00. The first-order valence-corrected chi connectivity index (χ1v) is 25.4. The molecule has 0 unspecified atom stereocenters. The van der Waals surface area contributed by atoms with Gasteiger partial charge in [0, 0.05) is 65.9 Å². The Morgan fingerprint density at radius 3 is 1.23 bits per heavy atom. The highest BCUT2D eigenvalue weighted by Gasteiger charge is 2.21. The molecule has 0 aliphatic rings. The van der Waals surface area contributed by atoms with Gasteiger partial charge in [0.2, 0.25) is 0 Å². The van der Waals surface area contributed by atoms with Gasteiger partial charge in [0.05, 0.1) is 38.8 Å². The first-order valence-electron chi connectivity index (χ1n) is 25.4. The highest BCUT2D eigenvalue weighted by atomic mass is 15.0. The van der Waals surface area contributed by atoms with E-state index in [1.807, 2.05) is 60.7 Å². The maximum absolute atomic E-state index is 5.10. The SMILES string of the molecule is c1ccc(-c2nc(-c3ccccc3)nc(-c3cccc(-c4ccc(-c5ccc6c7cc(-n8c9ccccc9c9ccccc98)ccc7n(-c7ccccc7)c6c5)c(-n5c6ccccc6c6ccccc65)c4)c3)n2)cc1. The van der Waals surface area contributed by atoms with E-state index < -0.39 is 0 Å². The molecule has 0 radical (unpaired) electrons. The van der Waals surface area contributed by atoms with E-state index in [4.69, 9.17) is 15.0 Å². The van der Waals surface area contributed by atoms with Crippen LogP contribution in [0.15, 0.2) is 267 Å². The fourth-order valence-electron chi connectivity index (χ4n) is 11.5. The topological polar surface area (TPSA) is 53.5 Å². The highest BCUT2D eigenvalue weighted by molar-refractivity contribution is 6.14. The summed E-state index contributed by atoms with van der Waals surface area (Å²) in [5, 5.41) is 7.31. The molecule has 0 saturated carbocycles. The summed E-state index contributed by atoms with van der Waals surface area (Å²) in [7, 11) is 0. The number of para-hydroxylation sites is 5. The maximum atomic E-state index is 5.10. The fourth-order valence-corrected chi connectivity index (χ4v) is 11.5. The fraction of sp³-hybridized carbons (Fsp3) is 0. The molecule has 6 nitrogen and oxygen atoms in total. The van der Waals surface area contributed by atoms with E-state index in [0.717, 1.165) is 78.1 Å². The van der Waals surface area contributed by atoms with Gasteiger partial charge >= 0.3 is 0 Å². The Labute approximate surface area is 432 Å². The Balaban J connectivity index is 0.932. The Morgan fingerprint density at radius 1 is 0.213 bits per heavy atom. The summed E-state index contributed by atoms with van der Waals surface area (Å²) < 4.78 is 7.29. The lowest BCUT2D eigenvalue weighted by Gasteiger charge is -2.17. The van der Waals surface area contributed by atoms with Gasteiger partial charge < -0.3 is 13.7 Å². The van der Waals surface area contributed by atoms with Gasteiger partial charge in [0.15, 0.2) is 17.5 Å². The van der Waals surface area contributed by atoms with Gasteiger partial charge in [-0.15, -0.1) is 0 Å². The second-order valence-electron chi connectivity index (χ2n) is 19.2. The molecule has 0 fully saturated rings. The molecule has 0 aliphatic heterocycles. The van der Waals surface area contributed by atoms with Crippen molar-refractivity contribution in [3.63, 3.8) is 0 Å². The van der Waals surface area contributed by atoms with Crippen LogP contribution < -0.4 is 0 Å². The molecule has 350 valence electrons. The molecular formula is C69H44N6. The van der Waals surface area contributed by atoms with Gasteiger partial charge in [-0.1, -0.05) is 194 Å². The van der Waals surface area contributed by atoms with Crippen molar-refractivity contribution in [2.75, 3.05) is 0 Å². The van der Waals surface area contributed by atoms with Crippen LogP contribution in [0.1, 0.15) is 0 Å². The van der Waals surface area contributed by atoms with Crippen LogP contribution in [0.25, 0.3) is 139 Å². The number of hydrogen-bond donors (Lipinski definition) is 0. The van der Waals surface area contributed by atoms with Crippen molar-refractivity contribution >= 4 is 65.4 Å². The summed E-state index contributed by atoms with van der Waals surface area (Å²) >= 11 is 0.